The van der Waals surface area contributed by atoms with Crippen molar-refractivity contribution in [1.29, 1.82) is 0 Å². The van der Waals surface area contributed by atoms with Crippen LogP contribution in [-0.4, -0.2) is 23.2 Å². The monoisotopic (exact) mass is 270 g/mol. The molecule has 2 aromatic rings. The maximum Gasteiger partial charge on any atom is 0.0702 e. The van der Waals surface area contributed by atoms with E-state index in [4.69, 9.17) is 0 Å². The van der Waals surface area contributed by atoms with Crippen molar-refractivity contribution in [1.82, 2.24) is 10.3 Å². The summed E-state index contributed by atoms with van der Waals surface area (Å²) in [6.45, 7) is 2.07. The van der Waals surface area contributed by atoms with Crippen molar-refractivity contribution in [3.63, 3.8) is 0 Å². The van der Waals surface area contributed by atoms with Gasteiger partial charge in [-0.2, -0.15) is 0 Å². The molecule has 3 rings (SSSR count). The second-order valence-electron chi connectivity index (χ2n) is 6.00. The Morgan fingerprint density at radius 3 is 2.85 bits per heavy atom. The standard InChI is InChI=1S/C17H22N2O/c20-13-17(7-1-2-8-17)12-18-11-14-5-6-16-15(10-14)4-3-9-19-16/h3-6,9-10,18,20H,1-2,7-8,11-13H2. The Labute approximate surface area is 120 Å². The van der Waals surface area contributed by atoms with Crippen LogP contribution in [0.4, 0.5) is 0 Å². The predicted molar refractivity (Wildman–Crippen MR) is 81.4 cm³/mol. The lowest BCUT2D eigenvalue weighted by Gasteiger charge is -2.26. The molecule has 0 radical (unpaired) electrons. The summed E-state index contributed by atoms with van der Waals surface area (Å²) in [6.07, 6.45) is 6.63. The zero-order valence-corrected chi connectivity index (χ0v) is 11.8. The Morgan fingerprint density at radius 2 is 2.05 bits per heavy atom. The second kappa shape index (κ2) is 5.90. The Bertz CT molecular complexity index is 576. The molecule has 0 spiro atoms. The van der Waals surface area contributed by atoms with Crippen molar-refractivity contribution in [2.24, 2.45) is 5.41 Å². The molecule has 106 valence electrons. The third-order valence-electron chi connectivity index (χ3n) is 4.50. The van der Waals surface area contributed by atoms with Crippen LogP contribution < -0.4 is 5.32 Å². The summed E-state index contributed by atoms with van der Waals surface area (Å²) in [4.78, 5) is 4.34. The number of hydrogen-bond donors (Lipinski definition) is 2. The molecule has 0 saturated heterocycles. The van der Waals surface area contributed by atoms with Crippen LogP contribution in [0.15, 0.2) is 36.5 Å². The van der Waals surface area contributed by atoms with E-state index >= 15 is 0 Å². The van der Waals surface area contributed by atoms with Crippen LogP contribution in [0, 0.1) is 5.41 Å². The molecular weight excluding hydrogens is 248 g/mol. The first-order valence-electron chi connectivity index (χ1n) is 7.47. The lowest BCUT2D eigenvalue weighted by Crippen LogP contribution is -2.34. The molecule has 0 atom stereocenters. The number of rotatable bonds is 5. The fourth-order valence-corrected chi connectivity index (χ4v) is 3.22. The van der Waals surface area contributed by atoms with Crippen molar-refractivity contribution >= 4 is 10.9 Å². The molecule has 1 aliphatic carbocycles. The number of hydrogen-bond acceptors (Lipinski definition) is 3. The number of nitrogens with zero attached hydrogens (tertiary/aromatic N) is 1. The quantitative estimate of drug-likeness (QED) is 0.878. The van der Waals surface area contributed by atoms with Gasteiger partial charge in [-0.05, 0) is 36.6 Å². The third kappa shape index (κ3) is 2.84. The van der Waals surface area contributed by atoms with E-state index in [0.717, 1.165) is 31.4 Å². The molecule has 2 N–H and O–H groups in total. The summed E-state index contributed by atoms with van der Waals surface area (Å²) < 4.78 is 0. The van der Waals surface area contributed by atoms with Gasteiger partial charge in [-0.25, -0.2) is 0 Å². The molecule has 1 saturated carbocycles. The van der Waals surface area contributed by atoms with E-state index in [1.807, 2.05) is 12.3 Å². The Kier molecular flexibility index (Phi) is 3.99. The summed E-state index contributed by atoms with van der Waals surface area (Å²) in [5.41, 5.74) is 2.44. The highest BCUT2D eigenvalue weighted by Gasteiger charge is 2.32. The fourth-order valence-electron chi connectivity index (χ4n) is 3.22. The maximum atomic E-state index is 9.61. The minimum atomic E-state index is 0.123. The summed E-state index contributed by atoms with van der Waals surface area (Å²) in [5.74, 6) is 0. The lowest BCUT2D eigenvalue weighted by atomic mass is 9.87. The second-order valence-corrected chi connectivity index (χ2v) is 6.00. The molecule has 1 fully saturated rings. The first kappa shape index (κ1) is 13.5. The van der Waals surface area contributed by atoms with Gasteiger partial charge < -0.3 is 10.4 Å². The number of aromatic nitrogens is 1. The first-order valence-corrected chi connectivity index (χ1v) is 7.47. The van der Waals surface area contributed by atoms with Crippen molar-refractivity contribution in [3.8, 4) is 0 Å². The summed E-state index contributed by atoms with van der Waals surface area (Å²) >= 11 is 0. The highest BCUT2D eigenvalue weighted by atomic mass is 16.3. The van der Waals surface area contributed by atoms with E-state index < -0.39 is 0 Å². The number of fused-ring (bicyclic) bond motifs is 1. The number of benzene rings is 1. The molecule has 20 heavy (non-hydrogen) atoms. The summed E-state index contributed by atoms with van der Waals surface area (Å²) in [5, 5.41) is 14.3. The predicted octanol–water partition coefficient (Wildman–Crippen LogP) is 2.88. The lowest BCUT2D eigenvalue weighted by molar-refractivity contribution is 0.128. The molecule has 1 aromatic carbocycles. The van der Waals surface area contributed by atoms with E-state index in [-0.39, 0.29) is 5.41 Å². The minimum Gasteiger partial charge on any atom is -0.396 e. The van der Waals surface area contributed by atoms with Gasteiger partial charge in [0.05, 0.1) is 5.52 Å². The van der Waals surface area contributed by atoms with Gasteiger partial charge in [0.1, 0.15) is 0 Å². The van der Waals surface area contributed by atoms with E-state index in [9.17, 15) is 5.11 Å². The van der Waals surface area contributed by atoms with E-state index in [2.05, 4.69) is 34.6 Å². The van der Waals surface area contributed by atoms with Crippen molar-refractivity contribution < 1.29 is 5.11 Å². The molecule has 3 heteroatoms. The molecule has 1 aliphatic rings. The van der Waals surface area contributed by atoms with E-state index in [0.29, 0.717) is 6.61 Å². The van der Waals surface area contributed by atoms with Crippen LogP contribution in [-0.2, 0) is 6.54 Å². The van der Waals surface area contributed by atoms with Crippen LogP contribution in [0.3, 0.4) is 0 Å². The number of nitrogens with one attached hydrogen (secondary N) is 1. The molecule has 0 bridgehead atoms. The molecule has 1 heterocycles. The maximum absolute atomic E-state index is 9.61. The van der Waals surface area contributed by atoms with Gasteiger partial charge in [0.25, 0.3) is 0 Å². The summed E-state index contributed by atoms with van der Waals surface area (Å²) in [7, 11) is 0. The van der Waals surface area contributed by atoms with Crippen LogP contribution in [0.5, 0.6) is 0 Å². The molecule has 0 amide bonds. The zero-order valence-electron chi connectivity index (χ0n) is 11.8. The number of aliphatic hydroxyl groups is 1. The Hall–Kier alpha value is -1.45. The minimum absolute atomic E-state index is 0.123. The van der Waals surface area contributed by atoms with E-state index in [1.165, 1.54) is 23.8 Å². The topological polar surface area (TPSA) is 45.1 Å². The average molecular weight is 270 g/mol. The van der Waals surface area contributed by atoms with Crippen LogP contribution >= 0.6 is 0 Å². The number of pyridine rings is 1. The van der Waals surface area contributed by atoms with Gasteiger partial charge in [0.15, 0.2) is 0 Å². The van der Waals surface area contributed by atoms with E-state index in [1.54, 1.807) is 0 Å². The molecule has 0 aliphatic heterocycles. The van der Waals surface area contributed by atoms with Gasteiger partial charge in [-0.15, -0.1) is 0 Å². The Balaban J connectivity index is 1.62. The highest BCUT2D eigenvalue weighted by Crippen LogP contribution is 2.36. The Morgan fingerprint density at radius 1 is 1.20 bits per heavy atom. The zero-order chi connectivity index (χ0) is 13.8. The van der Waals surface area contributed by atoms with Crippen molar-refractivity contribution in [2.45, 2.75) is 32.2 Å². The van der Waals surface area contributed by atoms with Crippen LogP contribution in [0.1, 0.15) is 31.2 Å². The smallest absolute Gasteiger partial charge is 0.0702 e. The first-order chi connectivity index (χ1) is 9.81. The van der Waals surface area contributed by atoms with Crippen molar-refractivity contribution in [3.05, 3.63) is 42.1 Å². The fraction of sp³-hybridized carbons (Fsp3) is 0.471. The van der Waals surface area contributed by atoms with Gasteiger partial charge in [-0.1, -0.05) is 25.0 Å². The molecule has 3 nitrogen and oxygen atoms in total. The summed E-state index contributed by atoms with van der Waals surface area (Å²) in [6, 6.07) is 10.5. The highest BCUT2D eigenvalue weighted by molar-refractivity contribution is 5.78. The van der Waals surface area contributed by atoms with Gasteiger partial charge >= 0.3 is 0 Å². The van der Waals surface area contributed by atoms with Gasteiger partial charge in [0, 0.05) is 36.7 Å². The average Bonchev–Trinajstić information content (AvgIpc) is 2.96. The van der Waals surface area contributed by atoms with Crippen molar-refractivity contribution in [2.75, 3.05) is 13.2 Å². The third-order valence-corrected chi connectivity index (χ3v) is 4.50. The number of aliphatic hydroxyl groups excluding tert-OH is 1. The van der Waals surface area contributed by atoms with Gasteiger partial charge in [0.2, 0.25) is 0 Å². The van der Waals surface area contributed by atoms with Crippen LogP contribution in [0.2, 0.25) is 0 Å². The normalized spacial score (nSPS) is 17.6. The molecular formula is C17H22N2O. The largest absolute Gasteiger partial charge is 0.396 e. The van der Waals surface area contributed by atoms with Crippen LogP contribution in [0.25, 0.3) is 10.9 Å². The SMILES string of the molecule is OCC1(CNCc2ccc3ncccc3c2)CCCC1. The van der Waals surface area contributed by atoms with Gasteiger partial charge in [-0.3, -0.25) is 4.98 Å². The molecule has 0 unspecified atom stereocenters. The molecule has 1 aromatic heterocycles.